The van der Waals surface area contributed by atoms with Crippen LogP contribution in [-0.4, -0.2) is 0 Å². The molecule has 3 aliphatic rings. The minimum atomic E-state index is 0.421. The van der Waals surface area contributed by atoms with Crippen molar-refractivity contribution in [2.75, 3.05) is 0 Å². The van der Waals surface area contributed by atoms with Gasteiger partial charge in [-0.1, -0.05) is 82.6 Å². The first-order chi connectivity index (χ1) is 9.30. The first-order valence-corrected chi connectivity index (χ1v) is 9.30. The van der Waals surface area contributed by atoms with E-state index in [-0.39, 0.29) is 0 Å². The van der Waals surface area contributed by atoms with Gasteiger partial charge in [-0.3, -0.25) is 0 Å². The van der Waals surface area contributed by atoms with E-state index in [0.29, 0.717) is 32.5 Å². The molecule has 0 N–H and O–H groups in total. The third kappa shape index (κ3) is 0.856. The molecule has 3 aliphatic carbocycles. The van der Waals surface area contributed by atoms with Crippen LogP contribution in [0.25, 0.3) is 0 Å². The lowest BCUT2D eigenvalue weighted by atomic mass is 9.00. The average Bonchev–Trinajstić information content (AvgIpc) is 2.42. The van der Waals surface area contributed by atoms with E-state index in [2.05, 4.69) is 76.2 Å². The van der Waals surface area contributed by atoms with E-state index >= 15 is 0 Å². The SMILES string of the molecule is CCC1C(C)C2(C)C1(C)C1(C)C(C)(C)C(C)(C(C)C)C21C. The highest BCUT2D eigenvalue weighted by Crippen LogP contribution is 3.04. The van der Waals surface area contributed by atoms with E-state index in [1.54, 1.807) is 0 Å². The highest BCUT2D eigenvalue weighted by molar-refractivity contribution is 5.47. The summed E-state index contributed by atoms with van der Waals surface area (Å²) in [5, 5.41) is 0. The normalized spacial score (nSPS) is 64.0. The predicted octanol–water partition coefficient (Wildman–Crippen LogP) is 6.40. The van der Waals surface area contributed by atoms with E-state index in [1.165, 1.54) is 6.42 Å². The van der Waals surface area contributed by atoms with Gasteiger partial charge in [0.05, 0.1) is 0 Å². The minimum absolute atomic E-state index is 0.421. The highest BCUT2D eigenvalue weighted by Gasteiger charge is 3.00. The smallest absolute Gasteiger partial charge is 0.0138 e. The zero-order valence-electron chi connectivity index (χ0n) is 16.4. The predicted molar refractivity (Wildman–Crippen MR) is 92.1 cm³/mol. The van der Waals surface area contributed by atoms with Crippen LogP contribution in [0, 0.1) is 50.2 Å². The zero-order chi connectivity index (χ0) is 16.4. The molecule has 3 fully saturated rings. The van der Waals surface area contributed by atoms with Crippen molar-refractivity contribution in [2.24, 2.45) is 50.2 Å². The summed E-state index contributed by atoms with van der Waals surface area (Å²) in [4.78, 5) is 0. The molecule has 0 bridgehead atoms. The molecule has 3 rings (SSSR count). The first kappa shape index (κ1) is 15.9. The summed E-state index contributed by atoms with van der Waals surface area (Å²) >= 11 is 0. The fourth-order valence-electron chi connectivity index (χ4n) is 9.98. The summed E-state index contributed by atoms with van der Waals surface area (Å²) < 4.78 is 0. The quantitative estimate of drug-likeness (QED) is 0.551. The summed E-state index contributed by atoms with van der Waals surface area (Å²) in [6.07, 6.45) is 1.35. The van der Waals surface area contributed by atoms with Crippen molar-refractivity contribution in [2.45, 2.75) is 82.6 Å². The summed E-state index contributed by atoms with van der Waals surface area (Å²) in [7, 11) is 0. The van der Waals surface area contributed by atoms with Gasteiger partial charge in [-0.15, -0.1) is 0 Å². The molecule has 0 spiro atoms. The Labute approximate surface area is 133 Å². The minimum Gasteiger partial charge on any atom is -0.0651 e. The second kappa shape index (κ2) is 3.41. The fraction of sp³-hybridized carbons (Fsp3) is 1.00. The van der Waals surface area contributed by atoms with Crippen molar-refractivity contribution in [3.63, 3.8) is 0 Å². The molecule has 0 saturated heterocycles. The Balaban J connectivity index is 2.23. The Bertz CT molecular complexity index is 502. The summed E-state index contributed by atoms with van der Waals surface area (Å²) in [6, 6.07) is 0. The van der Waals surface area contributed by atoms with Crippen LogP contribution in [0.4, 0.5) is 0 Å². The van der Waals surface area contributed by atoms with Crippen LogP contribution in [0.1, 0.15) is 82.6 Å². The third-order valence-electron chi connectivity index (χ3n) is 11.6. The summed E-state index contributed by atoms with van der Waals surface area (Å²) in [6.45, 7) is 28.2. The molecule has 122 valence electrons. The maximum atomic E-state index is 2.66. The number of rotatable bonds is 2. The standard InChI is InChI=1S/C21H38/c1-12-15-14(4)18(8)19(15,9)20(10)16(5,6)17(7,13(2)3)21(18,20)11/h13-15H,12H2,1-11H3. The molecule has 0 amide bonds. The third-order valence-corrected chi connectivity index (χ3v) is 11.6. The van der Waals surface area contributed by atoms with Crippen molar-refractivity contribution < 1.29 is 0 Å². The second-order valence-corrected chi connectivity index (χ2v) is 10.4. The maximum Gasteiger partial charge on any atom is -0.0138 e. The van der Waals surface area contributed by atoms with E-state index in [9.17, 15) is 0 Å². The number of hydrogen-bond acceptors (Lipinski definition) is 0. The Morgan fingerprint density at radius 2 is 1.29 bits per heavy atom. The van der Waals surface area contributed by atoms with Crippen LogP contribution >= 0.6 is 0 Å². The molecule has 0 aromatic carbocycles. The Kier molecular flexibility index (Phi) is 2.58. The number of fused-ring (bicyclic) bond motifs is 4. The molecular formula is C21H38. The molecule has 0 aliphatic heterocycles. The van der Waals surface area contributed by atoms with Crippen molar-refractivity contribution in [3.05, 3.63) is 0 Å². The van der Waals surface area contributed by atoms with Crippen LogP contribution < -0.4 is 0 Å². The van der Waals surface area contributed by atoms with Gasteiger partial charge in [-0.25, -0.2) is 0 Å². The first-order valence-electron chi connectivity index (χ1n) is 9.30. The molecule has 0 heteroatoms. The van der Waals surface area contributed by atoms with Crippen molar-refractivity contribution >= 4 is 0 Å². The molecule has 7 unspecified atom stereocenters. The summed E-state index contributed by atoms with van der Waals surface area (Å²) in [5.74, 6) is 2.54. The lowest BCUT2D eigenvalue weighted by Gasteiger charge is -3.04. The Morgan fingerprint density at radius 3 is 1.67 bits per heavy atom. The van der Waals surface area contributed by atoms with Gasteiger partial charge in [0.2, 0.25) is 0 Å². The van der Waals surface area contributed by atoms with Crippen LogP contribution in [0.15, 0.2) is 0 Å². The van der Waals surface area contributed by atoms with E-state index in [1.807, 2.05) is 0 Å². The largest absolute Gasteiger partial charge is 0.0651 e. The van der Waals surface area contributed by atoms with Gasteiger partial charge in [0, 0.05) is 0 Å². The summed E-state index contributed by atoms with van der Waals surface area (Å²) in [5.41, 5.74) is 2.87. The van der Waals surface area contributed by atoms with Crippen molar-refractivity contribution in [1.29, 1.82) is 0 Å². The van der Waals surface area contributed by atoms with E-state index in [4.69, 9.17) is 0 Å². The topological polar surface area (TPSA) is 0 Å². The second-order valence-electron chi connectivity index (χ2n) is 10.4. The molecule has 0 aromatic rings. The van der Waals surface area contributed by atoms with Gasteiger partial charge in [0.25, 0.3) is 0 Å². The van der Waals surface area contributed by atoms with E-state index in [0.717, 1.165) is 17.8 Å². The highest BCUT2D eigenvalue weighted by atomic mass is 15.0. The van der Waals surface area contributed by atoms with Crippen molar-refractivity contribution in [1.82, 2.24) is 0 Å². The fourth-order valence-corrected chi connectivity index (χ4v) is 9.98. The van der Waals surface area contributed by atoms with Crippen LogP contribution in [0.2, 0.25) is 0 Å². The molecule has 0 nitrogen and oxygen atoms in total. The van der Waals surface area contributed by atoms with Crippen LogP contribution in [0.5, 0.6) is 0 Å². The molecule has 0 radical (unpaired) electrons. The zero-order valence-corrected chi connectivity index (χ0v) is 16.4. The van der Waals surface area contributed by atoms with Gasteiger partial charge >= 0.3 is 0 Å². The molecule has 3 saturated carbocycles. The molecular weight excluding hydrogens is 252 g/mol. The lowest BCUT2D eigenvalue weighted by molar-refractivity contribution is -0.575. The molecule has 21 heavy (non-hydrogen) atoms. The molecule has 7 atom stereocenters. The lowest BCUT2D eigenvalue weighted by Crippen LogP contribution is -3.00. The van der Waals surface area contributed by atoms with Gasteiger partial charge in [0.15, 0.2) is 0 Å². The average molecular weight is 291 g/mol. The van der Waals surface area contributed by atoms with Crippen LogP contribution in [-0.2, 0) is 0 Å². The number of hydrogen-bond donors (Lipinski definition) is 0. The molecule has 0 heterocycles. The van der Waals surface area contributed by atoms with E-state index < -0.39 is 0 Å². The van der Waals surface area contributed by atoms with Crippen LogP contribution in [0.3, 0.4) is 0 Å². The Hall–Kier alpha value is 0. The molecule has 0 aromatic heterocycles. The van der Waals surface area contributed by atoms with Gasteiger partial charge < -0.3 is 0 Å². The van der Waals surface area contributed by atoms with Gasteiger partial charge in [-0.05, 0) is 50.2 Å². The van der Waals surface area contributed by atoms with Crippen molar-refractivity contribution in [3.8, 4) is 0 Å². The monoisotopic (exact) mass is 290 g/mol. The maximum absolute atomic E-state index is 2.66. The van der Waals surface area contributed by atoms with Gasteiger partial charge in [-0.2, -0.15) is 0 Å². The Morgan fingerprint density at radius 1 is 0.810 bits per heavy atom. The van der Waals surface area contributed by atoms with Gasteiger partial charge in [0.1, 0.15) is 0 Å².